The van der Waals surface area contributed by atoms with E-state index in [0.29, 0.717) is 37.4 Å². The normalized spacial score (nSPS) is 13.5. The van der Waals surface area contributed by atoms with Gasteiger partial charge in [0, 0.05) is 24.9 Å². The lowest BCUT2D eigenvalue weighted by atomic mass is 9.70. The zero-order valence-corrected chi connectivity index (χ0v) is 23.2. The fraction of sp³-hybridized carbons (Fsp3) is 0.500. The van der Waals surface area contributed by atoms with Crippen molar-refractivity contribution in [3.63, 3.8) is 0 Å². The standard InChI is InChI=1S/C28H34F3N5O5/c1-4-41-25(38)26(2,3)27(39,28(29,30)31)19-9-11-20(12-10-19)34-23-22-21(13-15-33-24(22)37)36(35-23)16-18-40-17-8-6-5-7-14-32/h9-13,15,39H,4-8,16-18H2,1-3H3,(H,33,37)(H,34,35). The van der Waals surface area contributed by atoms with Crippen LogP contribution in [0.25, 0.3) is 10.9 Å². The second-order valence-corrected chi connectivity index (χ2v) is 9.98. The van der Waals surface area contributed by atoms with Gasteiger partial charge in [0.1, 0.15) is 10.8 Å². The number of carbonyl (C=O) groups is 1. The lowest BCUT2D eigenvalue weighted by molar-refractivity contribution is -0.303. The summed E-state index contributed by atoms with van der Waals surface area (Å²) in [6, 6.07) is 8.50. The van der Waals surface area contributed by atoms with Gasteiger partial charge in [-0.25, -0.2) is 0 Å². The SMILES string of the molecule is CCOC(=O)C(C)(C)C(O)(c1ccc(Nc2nn(CCOCCCCCC#N)c3cc[nH]c(=O)c23)cc1)C(F)(F)F. The molecule has 3 N–H and O–H groups in total. The highest BCUT2D eigenvalue weighted by atomic mass is 19.4. The first-order valence-corrected chi connectivity index (χ1v) is 13.2. The number of hydrogen-bond donors (Lipinski definition) is 3. The van der Waals surface area contributed by atoms with Crippen LogP contribution in [-0.4, -0.2) is 51.8 Å². The summed E-state index contributed by atoms with van der Waals surface area (Å²) in [5.74, 6) is -1.01. The van der Waals surface area contributed by atoms with Gasteiger partial charge in [0.2, 0.25) is 5.60 Å². The Morgan fingerprint density at radius 1 is 1.15 bits per heavy atom. The molecule has 1 atom stereocenters. The molecule has 1 aromatic carbocycles. The van der Waals surface area contributed by atoms with Crippen molar-refractivity contribution in [2.45, 2.75) is 64.8 Å². The van der Waals surface area contributed by atoms with E-state index in [1.807, 2.05) is 0 Å². The number of fused-ring (bicyclic) bond motifs is 1. The lowest BCUT2D eigenvalue weighted by Gasteiger charge is -2.42. The van der Waals surface area contributed by atoms with Crippen molar-refractivity contribution in [1.82, 2.24) is 14.8 Å². The molecule has 3 aromatic rings. The fourth-order valence-corrected chi connectivity index (χ4v) is 4.50. The van der Waals surface area contributed by atoms with Crippen LogP contribution in [-0.2, 0) is 26.4 Å². The number of pyridine rings is 1. The van der Waals surface area contributed by atoms with E-state index in [1.165, 1.54) is 25.3 Å². The third kappa shape index (κ3) is 6.71. The monoisotopic (exact) mass is 577 g/mol. The number of hydrogen-bond acceptors (Lipinski definition) is 8. The number of rotatable bonds is 14. The number of nitrogens with zero attached hydrogens (tertiary/aromatic N) is 3. The van der Waals surface area contributed by atoms with Crippen molar-refractivity contribution in [3.8, 4) is 6.07 Å². The van der Waals surface area contributed by atoms with Crippen LogP contribution in [0.15, 0.2) is 41.3 Å². The number of ether oxygens (including phenoxy) is 2. The summed E-state index contributed by atoms with van der Waals surface area (Å²) in [7, 11) is 0. The number of nitrogens with one attached hydrogen (secondary N) is 2. The highest BCUT2D eigenvalue weighted by Gasteiger charge is 2.66. The number of benzene rings is 1. The molecule has 41 heavy (non-hydrogen) atoms. The van der Waals surface area contributed by atoms with Crippen LogP contribution in [0.4, 0.5) is 24.7 Å². The van der Waals surface area contributed by atoms with Gasteiger partial charge < -0.3 is 24.9 Å². The van der Waals surface area contributed by atoms with Crippen molar-refractivity contribution in [2.75, 3.05) is 25.1 Å². The first kappa shape index (κ1) is 31.6. The molecule has 0 aliphatic heterocycles. The quantitative estimate of drug-likeness (QED) is 0.181. The van der Waals surface area contributed by atoms with E-state index in [1.54, 1.807) is 10.7 Å². The first-order chi connectivity index (χ1) is 19.4. The zero-order chi connectivity index (χ0) is 30.3. The molecular weight excluding hydrogens is 543 g/mol. The van der Waals surface area contributed by atoms with Crippen molar-refractivity contribution in [1.29, 1.82) is 5.26 Å². The second-order valence-electron chi connectivity index (χ2n) is 9.98. The number of H-pyrrole nitrogens is 1. The minimum atomic E-state index is -5.20. The number of esters is 1. The minimum absolute atomic E-state index is 0.145. The molecule has 1 unspecified atom stereocenters. The summed E-state index contributed by atoms with van der Waals surface area (Å²) >= 11 is 0. The molecule has 0 fully saturated rings. The van der Waals surface area contributed by atoms with Crippen LogP contribution < -0.4 is 10.9 Å². The van der Waals surface area contributed by atoms with E-state index in [2.05, 4.69) is 21.5 Å². The van der Waals surface area contributed by atoms with Crippen LogP contribution in [0, 0.1) is 16.7 Å². The summed E-state index contributed by atoms with van der Waals surface area (Å²) in [6.07, 6.45) is -0.659. The second kappa shape index (κ2) is 13.2. The van der Waals surface area contributed by atoms with Gasteiger partial charge in [-0.3, -0.25) is 14.3 Å². The van der Waals surface area contributed by atoms with Gasteiger partial charge in [-0.05, 0) is 57.4 Å². The zero-order valence-electron chi connectivity index (χ0n) is 23.2. The molecule has 0 saturated carbocycles. The Bertz CT molecular complexity index is 1430. The van der Waals surface area contributed by atoms with Gasteiger partial charge in [0.25, 0.3) is 5.56 Å². The van der Waals surface area contributed by atoms with E-state index in [0.717, 1.165) is 45.2 Å². The Balaban J connectivity index is 1.82. The molecule has 3 rings (SSSR count). The topological polar surface area (TPSA) is 142 Å². The number of anilines is 2. The van der Waals surface area contributed by atoms with Gasteiger partial charge in [-0.15, -0.1) is 0 Å². The third-order valence-corrected chi connectivity index (χ3v) is 6.87. The highest BCUT2D eigenvalue weighted by molar-refractivity contribution is 5.91. The van der Waals surface area contributed by atoms with Crippen LogP contribution in [0.5, 0.6) is 0 Å². The van der Waals surface area contributed by atoms with E-state index < -0.39 is 34.3 Å². The third-order valence-electron chi connectivity index (χ3n) is 6.87. The van der Waals surface area contributed by atoms with E-state index in [9.17, 15) is 27.9 Å². The number of unbranched alkanes of at least 4 members (excludes halogenated alkanes) is 3. The van der Waals surface area contributed by atoms with E-state index in [4.69, 9.17) is 14.7 Å². The van der Waals surface area contributed by atoms with Crippen molar-refractivity contribution >= 4 is 28.4 Å². The maximum absolute atomic E-state index is 14.2. The maximum Gasteiger partial charge on any atom is 0.422 e. The van der Waals surface area contributed by atoms with Crippen LogP contribution in [0.1, 0.15) is 52.0 Å². The summed E-state index contributed by atoms with van der Waals surface area (Å²) in [5.41, 5.74) is -6.01. The van der Waals surface area contributed by atoms with Crippen LogP contribution >= 0.6 is 0 Å². The highest BCUT2D eigenvalue weighted by Crippen LogP contribution is 2.51. The number of aliphatic hydroxyl groups is 1. The molecule has 0 aliphatic carbocycles. The number of nitriles is 1. The Labute approximate surface area is 235 Å². The van der Waals surface area contributed by atoms with Crippen LogP contribution in [0.3, 0.4) is 0 Å². The number of aromatic nitrogens is 3. The summed E-state index contributed by atoms with van der Waals surface area (Å²) in [4.78, 5) is 27.6. The molecule has 2 heterocycles. The number of carbonyl (C=O) groups excluding carboxylic acids is 1. The Morgan fingerprint density at radius 3 is 2.49 bits per heavy atom. The Kier molecular flexibility index (Phi) is 10.2. The molecule has 0 bridgehead atoms. The first-order valence-electron chi connectivity index (χ1n) is 13.2. The molecule has 0 spiro atoms. The molecule has 0 amide bonds. The molecule has 10 nitrogen and oxygen atoms in total. The van der Waals surface area contributed by atoms with Crippen molar-refractivity contribution in [2.24, 2.45) is 5.41 Å². The summed E-state index contributed by atoms with van der Waals surface area (Å²) in [5, 5.41) is 27.2. The van der Waals surface area contributed by atoms with Gasteiger partial charge >= 0.3 is 12.1 Å². The van der Waals surface area contributed by atoms with Crippen molar-refractivity contribution in [3.05, 3.63) is 52.4 Å². The van der Waals surface area contributed by atoms with Gasteiger partial charge in [-0.2, -0.15) is 23.5 Å². The van der Waals surface area contributed by atoms with Gasteiger partial charge in [-0.1, -0.05) is 18.6 Å². The minimum Gasteiger partial charge on any atom is -0.465 e. The van der Waals surface area contributed by atoms with Crippen LogP contribution in [0.2, 0.25) is 0 Å². The summed E-state index contributed by atoms with van der Waals surface area (Å²) < 4.78 is 54.8. The molecule has 222 valence electrons. The molecule has 0 aliphatic rings. The number of halogens is 3. The molecule has 0 radical (unpaired) electrons. The largest absolute Gasteiger partial charge is 0.465 e. The summed E-state index contributed by atoms with van der Waals surface area (Å²) in [6.45, 7) is 4.49. The fourth-order valence-electron chi connectivity index (χ4n) is 4.50. The molecule has 13 heteroatoms. The number of aromatic amines is 1. The molecular formula is C28H34F3N5O5. The van der Waals surface area contributed by atoms with Gasteiger partial charge in [0.15, 0.2) is 5.82 Å². The average molecular weight is 578 g/mol. The van der Waals surface area contributed by atoms with E-state index >= 15 is 0 Å². The van der Waals surface area contributed by atoms with Gasteiger partial charge in [0.05, 0.1) is 31.3 Å². The predicted molar refractivity (Wildman–Crippen MR) is 145 cm³/mol. The smallest absolute Gasteiger partial charge is 0.422 e. The lowest BCUT2D eigenvalue weighted by Crippen LogP contribution is -2.57. The van der Waals surface area contributed by atoms with E-state index in [-0.39, 0.29) is 17.8 Å². The predicted octanol–water partition coefficient (Wildman–Crippen LogP) is 4.91. The maximum atomic E-state index is 14.2. The molecule has 2 aromatic heterocycles. The van der Waals surface area contributed by atoms with Crippen molar-refractivity contribution < 1.29 is 32.5 Å². The Hall–Kier alpha value is -3.89. The Morgan fingerprint density at radius 2 is 1.85 bits per heavy atom. The number of alkyl halides is 3. The average Bonchev–Trinajstić information content (AvgIpc) is 3.27. The molecule has 0 saturated heterocycles.